The average molecular weight is 333 g/mol. The number of esters is 1. The highest BCUT2D eigenvalue weighted by atomic mass is 19.1. The van der Waals surface area contributed by atoms with Gasteiger partial charge in [-0.15, -0.1) is 0 Å². The number of carbonyl (C=O) groups is 3. The number of fused-ring (bicyclic) bond motifs is 1. The molecule has 1 heterocycles. The fourth-order valence-electron chi connectivity index (χ4n) is 3.53. The lowest BCUT2D eigenvalue weighted by Crippen LogP contribution is -2.44. The summed E-state index contributed by atoms with van der Waals surface area (Å²) in [6.07, 6.45) is 3.31. The Hall–Kier alpha value is -2.24. The third-order valence-electron chi connectivity index (χ3n) is 4.90. The molecule has 6 heteroatoms. The highest BCUT2D eigenvalue weighted by molar-refractivity contribution is 6.07. The largest absolute Gasteiger partial charge is 0.459 e. The van der Waals surface area contributed by atoms with Crippen LogP contribution in [0.15, 0.2) is 24.3 Å². The molecule has 0 bridgehead atoms. The van der Waals surface area contributed by atoms with E-state index in [2.05, 4.69) is 0 Å². The minimum Gasteiger partial charge on any atom is -0.459 e. The second-order valence-corrected chi connectivity index (χ2v) is 6.45. The van der Waals surface area contributed by atoms with E-state index in [1.54, 1.807) is 0 Å². The molecule has 0 N–H and O–H groups in total. The number of imide groups is 1. The number of hydrogen-bond acceptors (Lipinski definition) is 4. The van der Waals surface area contributed by atoms with Crippen molar-refractivity contribution in [2.45, 2.75) is 45.3 Å². The molecule has 1 saturated heterocycles. The van der Waals surface area contributed by atoms with E-state index in [0.717, 1.165) is 17.7 Å². The summed E-state index contributed by atoms with van der Waals surface area (Å²) in [6.45, 7) is 1.49. The highest BCUT2D eigenvalue weighted by Gasteiger charge is 2.51. The first-order valence-corrected chi connectivity index (χ1v) is 8.27. The third-order valence-corrected chi connectivity index (χ3v) is 4.90. The number of benzene rings is 1. The molecule has 128 valence electrons. The first kappa shape index (κ1) is 16.6. The van der Waals surface area contributed by atoms with E-state index in [-0.39, 0.29) is 36.1 Å². The van der Waals surface area contributed by atoms with Crippen molar-refractivity contribution < 1.29 is 23.5 Å². The Morgan fingerprint density at radius 2 is 1.71 bits per heavy atom. The van der Waals surface area contributed by atoms with Gasteiger partial charge >= 0.3 is 5.97 Å². The molecular formula is C18H20FNO4. The monoisotopic (exact) mass is 333 g/mol. The molecule has 3 rings (SSSR count). The number of nitrogens with zero attached hydrogens (tertiary/aromatic N) is 1. The van der Waals surface area contributed by atoms with Crippen LogP contribution in [0.2, 0.25) is 0 Å². The molecule has 1 aromatic rings. The number of likely N-dealkylation sites (tertiary alicyclic amines) is 1. The quantitative estimate of drug-likeness (QED) is 0.627. The van der Waals surface area contributed by atoms with Crippen LogP contribution in [-0.2, 0) is 25.7 Å². The molecule has 0 aromatic heterocycles. The van der Waals surface area contributed by atoms with Crippen molar-refractivity contribution in [1.29, 1.82) is 0 Å². The first-order chi connectivity index (χ1) is 11.5. The van der Waals surface area contributed by atoms with Crippen molar-refractivity contribution in [2.24, 2.45) is 11.8 Å². The summed E-state index contributed by atoms with van der Waals surface area (Å²) in [5.41, 5.74) is 0.643. The van der Waals surface area contributed by atoms with Crippen molar-refractivity contribution in [3.05, 3.63) is 35.6 Å². The predicted octanol–water partition coefficient (Wildman–Crippen LogP) is 2.43. The van der Waals surface area contributed by atoms with Gasteiger partial charge in [-0.1, -0.05) is 25.0 Å². The summed E-state index contributed by atoms with van der Waals surface area (Å²) >= 11 is 0. The predicted molar refractivity (Wildman–Crippen MR) is 83.0 cm³/mol. The van der Waals surface area contributed by atoms with Gasteiger partial charge in [0.1, 0.15) is 18.5 Å². The van der Waals surface area contributed by atoms with Gasteiger partial charge in [0.25, 0.3) is 0 Å². The number of ether oxygens (including phenoxy) is 1. The van der Waals surface area contributed by atoms with Crippen LogP contribution in [0.5, 0.6) is 0 Å². The molecule has 0 radical (unpaired) electrons. The van der Waals surface area contributed by atoms with Gasteiger partial charge in [0.2, 0.25) is 11.8 Å². The molecule has 24 heavy (non-hydrogen) atoms. The van der Waals surface area contributed by atoms with E-state index in [4.69, 9.17) is 4.74 Å². The number of carbonyl (C=O) groups excluding carboxylic acids is 3. The third kappa shape index (κ3) is 3.05. The van der Waals surface area contributed by atoms with E-state index in [0.29, 0.717) is 18.4 Å². The number of amides is 2. The first-order valence-electron chi connectivity index (χ1n) is 8.27. The lowest BCUT2D eigenvalue weighted by Gasteiger charge is -2.21. The van der Waals surface area contributed by atoms with E-state index in [9.17, 15) is 18.8 Å². The normalized spacial score (nSPS) is 24.7. The molecule has 5 nitrogen and oxygen atoms in total. The van der Waals surface area contributed by atoms with Gasteiger partial charge < -0.3 is 4.74 Å². The maximum Gasteiger partial charge on any atom is 0.329 e. The van der Waals surface area contributed by atoms with Crippen LogP contribution in [0, 0.1) is 17.7 Å². The van der Waals surface area contributed by atoms with E-state index in [1.165, 1.54) is 31.2 Å². The summed E-state index contributed by atoms with van der Waals surface area (Å²) in [6, 6.07) is 4.67. The number of rotatable bonds is 4. The smallest absolute Gasteiger partial charge is 0.329 e. The van der Waals surface area contributed by atoms with Gasteiger partial charge in [-0.25, -0.2) is 9.18 Å². The van der Waals surface area contributed by atoms with Gasteiger partial charge in [0.15, 0.2) is 0 Å². The summed E-state index contributed by atoms with van der Waals surface area (Å²) in [7, 11) is 0. The Kier molecular flexibility index (Phi) is 4.64. The molecule has 0 unspecified atom stereocenters. The molecule has 2 aliphatic rings. The summed E-state index contributed by atoms with van der Waals surface area (Å²) in [4.78, 5) is 38.2. The second kappa shape index (κ2) is 6.71. The molecule has 1 saturated carbocycles. The van der Waals surface area contributed by atoms with Crippen molar-refractivity contribution in [3.63, 3.8) is 0 Å². The van der Waals surface area contributed by atoms with Crippen LogP contribution in [0.3, 0.4) is 0 Å². The molecule has 2 amide bonds. The summed E-state index contributed by atoms with van der Waals surface area (Å²) in [5, 5.41) is 0. The van der Waals surface area contributed by atoms with Gasteiger partial charge in [-0.2, -0.15) is 0 Å². The van der Waals surface area contributed by atoms with Gasteiger partial charge in [-0.3, -0.25) is 14.5 Å². The van der Waals surface area contributed by atoms with Crippen LogP contribution >= 0.6 is 0 Å². The van der Waals surface area contributed by atoms with Crippen LogP contribution < -0.4 is 0 Å². The summed E-state index contributed by atoms with van der Waals surface area (Å²) in [5.74, 6) is -2.06. The molecule has 0 spiro atoms. The molecular weight excluding hydrogens is 313 g/mol. The second-order valence-electron chi connectivity index (χ2n) is 6.45. The standard InChI is InChI=1S/C18H20FNO4/c1-11(18(23)24-10-12-6-8-13(19)9-7-12)20-16(21)14-4-2-3-5-15(14)17(20)22/h6-9,11,14-15H,2-5,10H2,1H3/t11-,14+,15+/m0/s1. The minimum absolute atomic E-state index is 0.0213. The van der Waals surface area contributed by atoms with Crippen molar-refractivity contribution >= 4 is 17.8 Å². The molecule has 1 aliphatic carbocycles. The minimum atomic E-state index is -0.934. The zero-order chi connectivity index (χ0) is 17.3. The Bertz CT molecular complexity index is 633. The molecule has 1 aliphatic heterocycles. The lowest BCUT2D eigenvalue weighted by molar-refractivity contribution is -0.159. The maximum absolute atomic E-state index is 12.9. The van der Waals surface area contributed by atoms with Crippen molar-refractivity contribution in [1.82, 2.24) is 4.90 Å². The van der Waals surface area contributed by atoms with E-state index < -0.39 is 12.0 Å². The Morgan fingerprint density at radius 1 is 1.17 bits per heavy atom. The van der Waals surface area contributed by atoms with Crippen LogP contribution in [0.25, 0.3) is 0 Å². The van der Waals surface area contributed by atoms with Crippen LogP contribution in [0.4, 0.5) is 4.39 Å². The van der Waals surface area contributed by atoms with Crippen molar-refractivity contribution in [2.75, 3.05) is 0 Å². The van der Waals surface area contributed by atoms with Gasteiger partial charge in [0, 0.05) is 0 Å². The van der Waals surface area contributed by atoms with Gasteiger partial charge in [0.05, 0.1) is 11.8 Å². The van der Waals surface area contributed by atoms with Crippen molar-refractivity contribution in [3.8, 4) is 0 Å². The molecule has 3 atom stereocenters. The fourth-order valence-corrected chi connectivity index (χ4v) is 3.53. The zero-order valence-electron chi connectivity index (χ0n) is 13.5. The maximum atomic E-state index is 12.9. The number of halogens is 1. The SMILES string of the molecule is C[C@@H](C(=O)OCc1ccc(F)cc1)N1C(=O)[C@@H]2CCCC[C@H]2C1=O. The average Bonchev–Trinajstić information content (AvgIpc) is 2.85. The van der Waals surface area contributed by atoms with Gasteiger partial charge in [-0.05, 0) is 37.5 Å². The Labute approximate surface area is 139 Å². The summed E-state index contributed by atoms with van der Waals surface area (Å²) < 4.78 is 18.0. The molecule has 2 fully saturated rings. The Balaban J connectivity index is 1.63. The lowest BCUT2D eigenvalue weighted by atomic mass is 9.81. The van der Waals surface area contributed by atoms with Crippen LogP contribution in [0.1, 0.15) is 38.2 Å². The topological polar surface area (TPSA) is 63.7 Å². The zero-order valence-corrected chi connectivity index (χ0v) is 13.5. The Morgan fingerprint density at radius 3 is 2.25 bits per heavy atom. The highest BCUT2D eigenvalue weighted by Crippen LogP contribution is 2.38. The van der Waals surface area contributed by atoms with Crippen LogP contribution in [-0.4, -0.2) is 28.7 Å². The number of hydrogen-bond donors (Lipinski definition) is 0. The van der Waals surface area contributed by atoms with E-state index >= 15 is 0 Å². The fraction of sp³-hybridized carbons (Fsp3) is 0.500. The molecule has 1 aromatic carbocycles. The van der Waals surface area contributed by atoms with E-state index in [1.807, 2.05) is 0 Å².